The zero-order valence-electron chi connectivity index (χ0n) is 10.4. The van der Waals surface area contributed by atoms with Crippen molar-refractivity contribution in [3.05, 3.63) is 33.5 Å². The Balaban J connectivity index is 1.94. The number of hydrogen-bond acceptors (Lipinski definition) is 3. The molecule has 2 amide bonds. The molecule has 1 aromatic heterocycles. The minimum Gasteiger partial charge on any atom is -0.350 e. The zero-order valence-corrected chi connectivity index (χ0v) is 12.8. The number of nitrogens with zero attached hydrogens (tertiary/aromatic N) is 1. The molecule has 1 atom stereocenters. The van der Waals surface area contributed by atoms with Gasteiger partial charge in [0.25, 0.3) is 0 Å². The number of thiophene rings is 1. The highest BCUT2D eigenvalue weighted by Crippen LogP contribution is 2.23. The lowest BCUT2D eigenvalue weighted by Gasteiger charge is -2.22. The molecule has 102 valence electrons. The molecule has 2 rings (SSSR count). The Morgan fingerprint density at radius 1 is 1.63 bits per heavy atom. The van der Waals surface area contributed by atoms with Crippen LogP contribution in [-0.4, -0.2) is 29.3 Å². The van der Waals surface area contributed by atoms with Gasteiger partial charge in [0.1, 0.15) is 6.04 Å². The average molecular weight is 343 g/mol. The van der Waals surface area contributed by atoms with Crippen LogP contribution in [-0.2, 0) is 16.1 Å². The van der Waals surface area contributed by atoms with Crippen molar-refractivity contribution in [2.45, 2.75) is 25.4 Å². The van der Waals surface area contributed by atoms with E-state index in [9.17, 15) is 9.59 Å². The first-order valence-corrected chi connectivity index (χ1v) is 7.73. The van der Waals surface area contributed by atoms with Crippen LogP contribution in [0, 0.1) is 0 Å². The summed E-state index contributed by atoms with van der Waals surface area (Å²) in [6.07, 6.45) is 2.84. The number of amides is 2. The summed E-state index contributed by atoms with van der Waals surface area (Å²) in [7, 11) is 0. The Labute approximate surface area is 124 Å². The number of carbonyl (C=O) groups is 2. The van der Waals surface area contributed by atoms with Gasteiger partial charge in [-0.3, -0.25) is 9.59 Å². The van der Waals surface area contributed by atoms with Crippen LogP contribution in [0.25, 0.3) is 0 Å². The van der Waals surface area contributed by atoms with Crippen molar-refractivity contribution in [3.63, 3.8) is 0 Å². The monoisotopic (exact) mass is 342 g/mol. The lowest BCUT2D eigenvalue weighted by atomic mass is 10.2. The van der Waals surface area contributed by atoms with Crippen molar-refractivity contribution < 1.29 is 9.59 Å². The molecule has 1 aliphatic rings. The third kappa shape index (κ3) is 3.25. The Morgan fingerprint density at radius 2 is 2.42 bits per heavy atom. The van der Waals surface area contributed by atoms with Gasteiger partial charge in [0, 0.05) is 13.1 Å². The van der Waals surface area contributed by atoms with Crippen molar-refractivity contribution >= 4 is 39.1 Å². The van der Waals surface area contributed by atoms with Gasteiger partial charge < -0.3 is 10.2 Å². The molecule has 6 heteroatoms. The first-order chi connectivity index (χ1) is 9.13. The van der Waals surface area contributed by atoms with E-state index in [1.807, 2.05) is 11.4 Å². The number of nitrogens with one attached hydrogen (secondary N) is 1. The highest BCUT2D eigenvalue weighted by Gasteiger charge is 2.32. The highest BCUT2D eigenvalue weighted by molar-refractivity contribution is 9.11. The smallest absolute Gasteiger partial charge is 0.246 e. The molecule has 4 nitrogen and oxygen atoms in total. The highest BCUT2D eigenvalue weighted by atomic mass is 79.9. The van der Waals surface area contributed by atoms with Crippen molar-refractivity contribution in [2.75, 3.05) is 6.54 Å². The maximum absolute atomic E-state index is 12.1. The number of likely N-dealkylation sites (tertiary alicyclic amines) is 1. The predicted molar refractivity (Wildman–Crippen MR) is 78.8 cm³/mol. The Morgan fingerprint density at radius 3 is 3.05 bits per heavy atom. The van der Waals surface area contributed by atoms with E-state index in [4.69, 9.17) is 0 Å². The second kappa shape index (κ2) is 6.34. The molecule has 1 aromatic rings. The van der Waals surface area contributed by atoms with Crippen molar-refractivity contribution in [1.82, 2.24) is 10.2 Å². The molecule has 0 aromatic carbocycles. The summed E-state index contributed by atoms with van der Waals surface area (Å²) in [6, 6.07) is 1.61. The SMILES string of the molecule is C=CC(=O)N1CCCC1C(=O)NCc1ccsc1Br. The van der Waals surface area contributed by atoms with Gasteiger partial charge in [-0.1, -0.05) is 6.58 Å². The van der Waals surface area contributed by atoms with Crippen LogP contribution in [0.3, 0.4) is 0 Å². The third-order valence-electron chi connectivity index (χ3n) is 3.16. The molecule has 0 aliphatic carbocycles. The van der Waals surface area contributed by atoms with E-state index in [1.165, 1.54) is 6.08 Å². The summed E-state index contributed by atoms with van der Waals surface area (Å²) < 4.78 is 1.03. The molecule has 2 heterocycles. The normalized spacial score (nSPS) is 18.4. The van der Waals surface area contributed by atoms with E-state index in [0.717, 1.165) is 22.2 Å². The summed E-state index contributed by atoms with van der Waals surface area (Å²) in [6.45, 7) is 4.58. The van der Waals surface area contributed by atoms with Crippen molar-refractivity contribution in [3.8, 4) is 0 Å². The van der Waals surface area contributed by atoms with Gasteiger partial charge in [0.2, 0.25) is 11.8 Å². The fraction of sp³-hybridized carbons (Fsp3) is 0.385. The minimum absolute atomic E-state index is 0.0919. The fourth-order valence-corrected chi connectivity index (χ4v) is 3.41. The van der Waals surface area contributed by atoms with E-state index < -0.39 is 0 Å². The second-order valence-electron chi connectivity index (χ2n) is 4.33. The summed E-state index contributed by atoms with van der Waals surface area (Å²) in [5.41, 5.74) is 1.05. The standard InChI is InChI=1S/C13H15BrN2O2S/c1-2-11(17)16-6-3-4-10(16)13(18)15-8-9-5-7-19-12(9)14/h2,5,7,10H,1,3-4,6,8H2,(H,15,18). The van der Waals surface area contributed by atoms with Crippen LogP contribution in [0.5, 0.6) is 0 Å². The Kier molecular flexibility index (Phi) is 4.76. The van der Waals surface area contributed by atoms with Crippen LogP contribution in [0.1, 0.15) is 18.4 Å². The molecular weight excluding hydrogens is 328 g/mol. The molecular formula is C13H15BrN2O2S. The molecule has 0 spiro atoms. The number of hydrogen-bond donors (Lipinski definition) is 1. The van der Waals surface area contributed by atoms with Crippen LogP contribution in [0.2, 0.25) is 0 Å². The first kappa shape index (κ1) is 14.3. The van der Waals surface area contributed by atoms with E-state index in [-0.39, 0.29) is 17.9 Å². The predicted octanol–water partition coefficient (Wildman–Crippen LogP) is 2.30. The lowest BCUT2D eigenvalue weighted by Crippen LogP contribution is -2.45. The third-order valence-corrected chi connectivity index (χ3v) is 4.97. The summed E-state index contributed by atoms with van der Waals surface area (Å²) in [5.74, 6) is -0.264. The Hall–Kier alpha value is -1.14. The van der Waals surface area contributed by atoms with Gasteiger partial charge in [-0.05, 0) is 51.9 Å². The molecule has 0 radical (unpaired) electrons. The van der Waals surface area contributed by atoms with Gasteiger partial charge in [-0.2, -0.15) is 0 Å². The van der Waals surface area contributed by atoms with Gasteiger partial charge >= 0.3 is 0 Å². The van der Waals surface area contributed by atoms with Gasteiger partial charge in [0.15, 0.2) is 0 Å². The average Bonchev–Trinajstić information content (AvgIpc) is 3.04. The summed E-state index contributed by atoms with van der Waals surface area (Å²) in [4.78, 5) is 25.4. The number of rotatable bonds is 4. The molecule has 1 fully saturated rings. The maximum atomic E-state index is 12.1. The van der Waals surface area contributed by atoms with Gasteiger partial charge in [0.05, 0.1) is 3.79 Å². The zero-order chi connectivity index (χ0) is 13.8. The summed E-state index contributed by atoms with van der Waals surface area (Å²) >= 11 is 5.02. The molecule has 0 saturated carbocycles. The summed E-state index contributed by atoms with van der Waals surface area (Å²) in [5, 5.41) is 4.85. The minimum atomic E-state index is -0.358. The van der Waals surface area contributed by atoms with E-state index in [0.29, 0.717) is 13.1 Å². The van der Waals surface area contributed by atoms with Gasteiger partial charge in [-0.15, -0.1) is 11.3 Å². The van der Waals surface area contributed by atoms with E-state index >= 15 is 0 Å². The molecule has 1 N–H and O–H groups in total. The maximum Gasteiger partial charge on any atom is 0.246 e. The van der Waals surface area contributed by atoms with Crippen molar-refractivity contribution in [1.29, 1.82) is 0 Å². The first-order valence-electron chi connectivity index (χ1n) is 6.06. The number of halogens is 1. The fourth-order valence-electron chi connectivity index (χ4n) is 2.17. The topological polar surface area (TPSA) is 49.4 Å². The quantitative estimate of drug-likeness (QED) is 0.853. The largest absolute Gasteiger partial charge is 0.350 e. The van der Waals surface area contributed by atoms with Crippen LogP contribution >= 0.6 is 27.3 Å². The second-order valence-corrected chi connectivity index (χ2v) is 6.57. The van der Waals surface area contributed by atoms with Crippen LogP contribution < -0.4 is 5.32 Å². The van der Waals surface area contributed by atoms with Crippen LogP contribution in [0.15, 0.2) is 27.9 Å². The molecule has 1 aliphatic heterocycles. The molecule has 0 bridgehead atoms. The molecule has 1 saturated heterocycles. The Bertz CT molecular complexity index is 501. The van der Waals surface area contributed by atoms with Crippen LogP contribution in [0.4, 0.5) is 0 Å². The lowest BCUT2D eigenvalue weighted by molar-refractivity contribution is -0.135. The van der Waals surface area contributed by atoms with Gasteiger partial charge in [-0.25, -0.2) is 0 Å². The van der Waals surface area contributed by atoms with E-state index in [1.54, 1.807) is 16.2 Å². The molecule has 19 heavy (non-hydrogen) atoms. The molecule has 1 unspecified atom stereocenters. The number of carbonyl (C=O) groups excluding carboxylic acids is 2. The van der Waals surface area contributed by atoms with E-state index in [2.05, 4.69) is 27.8 Å². The van der Waals surface area contributed by atoms with Crippen molar-refractivity contribution in [2.24, 2.45) is 0 Å².